The summed E-state index contributed by atoms with van der Waals surface area (Å²) < 4.78 is 31.7. The van der Waals surface area contributed by atoms with Gasteiger partial charge in [0, 0.05) is 17.6 Å². The van der Waals surface area contributed by atoms with Crippen molar-refractivity contribution >= 4 is 39.1 Å². The summed E-state index contributed by atoms with van der Waals surface area (Å²) in [5.74, 6) is -0.599. The van der Waals surface area contributed by atoms with Gasteiger partial charge in [0.15, 0.2) is 0 Å². The first-order chi connectivity index (χ1) is 16.4. The maximum absolute atomic E-state index is 13.6. The minimum absolute atomic E-state index is 0.0656. The van der Waals surface area contributed by atoms with Crippen molar-refractivity contribution in [1.82, 2.24) is 10.2 Å². The Kier molecular flexibility index (Phi) is 9.97. The molecule has 0 radical (unpaired) electrons. The SMILES string of the molecule is CC[C@@H](C)NC(=O)[C@@H](C)N(Cc1cccc(C)c1)C(=O)CN(c1cc(Cl)ccc1OC)S(C)(=O)=O. The normalized spacial score (nSPS) is 13.0. The number of aryl methyl sites for hydroxylation is 1. The van der Waals surface area contributed by atoms with E-state index in [0.29, 0.717) is 5.02 Å². The molecule has 192 valence electrons. The average Bonchev–Trinajstić information content (AvgIpc) is 2.79. The zero-order valence-corrected chi connectivity index (χ0v) is 22.6. The van der Waals surface area contributed by atoms with E-state index in [1.165, 1.54) is 24.1 Å². The molecule has 0 saturated carbocycles. The van der Waals surface area contributed by atoms with Crippen molar-refractivity contribution in [3.8, 4) is 5.75 Å². The van der Waals surface area contributed by atoms with E-state index in [4.69, 9.17) is 16.3 Å². The molecule has 1 N–H and O–H groups in total. The predicted molar refractivity (Wildman–Crippen MR) is 139 cm³/mol. The Morgan fingerprint density at radius 1 is 1.14 bits per heavy atom. The second-order valence-corrected chi connectivity index (χ2v) is 10.9. The van der Waals surface area contributed by atoms with E-state index in [-0.39, 0.29) is 29.9 Å². The van der Waals surface area contributed by atoms with E-state index in [0.717, 1.165) is 28.1 Å². The molecule has 2 aromatic rings. The molecule has 2 rings (SSSR count). The molecule has 0 aliphatic heterocycles. The van der Waals surface area contributed by atoms with Gasteiger partial charge in [-0.2, -0.15) is 0 Å². The number of sulfonamides is 1. The minimum atomic E-state index is -3.90. The van der Waals surface area contributed by atoms with Crippen molar-refractivity contribution < 1.29 is 22.7 Å². The van der Waals surface area contributed by atoms with Crippen LogP contribution in [0.4, 0.5) is 5.69 Å². The fourth-order valence-electron chi connectivity index (χ4n) is 3.51. The van der Waals surface area contributed by atoms with Gasteiger partial charge < -0.3 is 15.0 Å². The summed E-state index contributed by atoms with van der Waals surface area (Å²) >= 11 is 6.12. The van der Waals surface area contributed by atoms with Gasteiger partial charge in [-0.15, -0.1) is 0 Å². The molecule has 10 heteroatoms. The van der Waals surface area contributed by atoms with Crippen LogP contribution in [-0.4, -0.2) is 57.1 Å². The van der Waals surface area contributed by atoms with Gasteiger partial charge >= 0.3 is 0 Å². The van der Waals surface area contributed by atoms with Gasteiger partial charge in [0.05, 0.1) is 19.1 Å². The first kappa shape index (κ1) is 28.5. The van der Waals surface area contributed by atoms with Crippen LogP contribution < -0.4 is 14.4 Å². The zero-order chi connectivity index (χ0) is 26.3. The van der Waals surface area contributed by atoms with Crippen LogP contribution in [0.2, 0.25) is 5.02 Å². The predicted octanol–water partition coefficient (Wildman–Crippen LogP) is 3.76. The average molecular weight is 524 g/mol. The lowest BCUT2D eigenvalue weighted by Gasteiger charge is -2.32. The summed E-state index contributed by atoms with van der Waals surface area (Å²) in [5.41, 5.74) is 1.98. The molecule has 0 fully saturated rings. The molecule has 0 bridgehead atoms. The first-order valence-corrected chi connectivity index (χ1v) is 13.6. The number of rotatable bonds is 11. The van der Waals surface area contributed by atoms with Crippen LogP contribution in [0.15, 0.2) is 42.5 Å². The Labute approximate surface area is 213 Å². The summed E-state index contributed by atoms with van der Waals surface area (Å²) in [4.78, 5) is 27.9. The lowest BCUT2D eigenvalue weighted by Crippen LogP contribution is -2.52. The maximum atomic E-state index is 13.6. The number of hydrogen-bond donors (Lipinski definition) is 1. The molecule has 0 spiro atoms. The monoisotopic (exact) mass is 523 g/mol. The third kappa shape index (κ3) is 7.86. The van der Waals surface area contributed by atoms with E-state index in [1.807, 2.05) is 45.0 Å². The number of anilines is 1. The summed E-state index contributed by atoms with van der Waals surface area (Å²) in [6.07, 6.45) is 1.74. The molecule has 2 atom stereocenters. The van der Waals surface area contributed by atoms with Crippen LogP contribution in [0.25, 0.3) is 0 Å². The van der Waals surface area contributed by atoms with Crippen LogP contribution in [0.5, 0.6) is 5.75 Å². The summed E-state index contributed by atoms with van der Waals surface area (Å²) in [6, 6.07) is 11.2. The summed E-state index contributed by atoms with van der Waals surface area (Å²) in [6.45, 7) is 7.02. The molecule has 0 aromatic heterocycles. The highest BCUT2D eigenvalue weighted by atomic mass is 35.5. The first-order valence-electron chi connectivity index (χ1n) is 11.3. The molecule has 0 saturated heterocycles. The highest BCUT2D eigenvalue weighted by molar-refractivity contribution is 7.92. The van der Waals surface area contributed by atoms with E-state index < -0.39 is 28.5 Å². The number of methoxy groups -OCH3 is 1. The van der Waals surface area contributed by atoms with Crippen molar-refractivity contribution in [3.05, 3.63) is 58.6 Å². The van der Waals surface area contributed by atoms with Gasteiger partial charge in [0.25, 0.3) is 0 Å². The number of carbonyl (C=O) groups is 2. The standard InChI is InChI=1S/C25H34ClN3O5S/c1-7-18(3)27-25(31)19(4)28(15-20-10-8-9-17(2)13-20)24(30)16-29(35(6,32)33)22-14-21(26)11-12-23(22)34-5/h8-14,18-19H,7,15-16H2,1-6H3,(H,27,31)/t18-,19-/m1/s1. The third-order valence-electron chi connectivity index (χ3n) is 5.69. The minimum Gasteiger partial charge on any atom is -0.495 e. The summed E-state index contributed by atoms with van der Waals surface area (Å²) in [5, 5.41) is 3.19. The number of nitrogens with one attached hydrogen (secondary N) is 1. The van der Waals surface area contributed by atoms with Crippen molar-refractivity contribution in [2.24, 2.45) is 0 Å². The number of hydrogen-bond acceptors (Lipinski definition) is 5. The van der Waals surface area contributed by atoms with Crippen LogP contribution in [-0.2, 0) is 26.2 Å². The topological polar surface area (TPSA) is 96.0 Å². The van der Waals surface area contributed by atoms with Crippen molar-refractivity contribution in [1.29, 1.82) is 0 Å². The molecular weight excluding hydrogens is 490 g/mol. The second-order valence-electron chi connectivity index (χ2n) is 8.59. The largest absolute Gasteiger partial charge is 0.495 e. The highest BCUT2D eigenvalue weighted by Crippen LogP contribution is 2.33. The number of ether oxygens (including phenoxy) is 1. The van der Waals surface area contributed by atoms with Crippen LogP contribution in [0, 0.1) is 6.92 Å². The van der Waals surface area contributed by atoms with Gasteiger partial charge in [0.2, 0.25) is 21.8 Å². The molecular formula is C25H34ClN3O5S. The highest BCUT2D eigenvalue weighted by Gasteiger charge is 2.31. The number of benzene rings is 2. The fourth-order valence-corrected chi connectivity index (χ4v) is 4.52. The Balaban J connectivity index is 2.46. The van der Waals surface area contributed by atoms with Gasteiger partial charge in [-0.25, -0.2) is 8.42 Å². The van der Waals surface area contributed by atoms with Gasteiger partial charge in [-0.1, -0.05) is 48.4 Å². The van der Waals surface area contributed by atoms with Crippen molar-refractivity contribution in [2.75, 3.05) is 24.2 Å². The van der Waals surface area contributed by atoms with E-state index >= 15 is 0 Å². The molecule has 0 unspecified atom stereocenters. The lowest BCUT2D eigenvalue weighted by atomic mass is 10.1. The Morgan fingerprint density at radius 2 is 1.83 bits per heavy atom. The maximum Gasteiger partial charge on any atom is 0.244 e. The zero-order valence-electron chi connectivity index (χ0n) is 21.0. The van der Waals surface area contributed by atoms with Gasteiger partial charge in [-0.3, -0.25) is 13.9 Å². The quantitative estimate of drug-likeness (QED) is 0.484. The van der Waals surface area contributed by atoms with E-state index in [1.54, 1.807) is 13.0 Å². The van der Waals surface area contributed by atoms with E-state index in [2.05, 4.69) is 5.32 Å². The molecule has 35 heavy (non-hydrogen) atoms. The Bertz CT molecular complexity index is 1160. The molecule has 0 heterocycles. The molecule has 8 nitrogen and oxygen atoms in total. The molecule has 0 aliphatic rings. The smallest absolute Gasteiger partial charge is 0.244 e. The van der Waals surface area contributed by atoms with Crippen molar-refractivity contribution in [3.63, 3.8) is 0 Å². The summed E-state index contributed by atoms with van der Waals surface area (Å²) in [7, 11) is -2.49. The second kappa shape index (κ2) is 12.3. The van der Waals surface area contributed by atoms with Gasteiger partial charge in [0.1, 0.15) is 18.3 Å². The number of carbonyl (C=O) groups excluding carboxylic acids is 2. The molecule has 2 aromatic carbocycles. The Morgan fingerprint density at radius 3 is 2.40 bits per heavy atom. The van der Waals surface area contributed by atoms with Crippen LogP contribution >= 0.6 is 11.6 Å². The fraction of sp³-hybridized carbons (Fsp3) is 0.440. The van der Waals surface area contributed by atoms with E-state index in [9.17, 15) is 18.0 Å². The third-order valence-corrected chi connectivity index (χ3v) is 7.05. The van der Waals surface area contributed by atoms with Crippen LogP contribution in [0.3, 0.4) is 0 Å². The van der Waals surface area contributed by atoms with Crippen LogP contribution in [0.1, 0.15) is 38.3 Å². The number of nitrogens with zero attached hydrogens (tertiary/aromatic N) is 2. The lowest BCUT2D eigenvalue weighted by molar-refractivity contribution is -0.139. The Hall–Kier alpha value is -2.78. The number of amides is 2. The van der Waals surface area contributed by atoms with Crippen molar-refractivity contribution in [2.45, 2.75) is 52.7 Å². The number of halogens is 1. The molecule has 2 amide bonds. The molecule has 0 aliphatic carbocycles. The van der Waals surface area contributed by atoms with Gasteiger partial charge in [-0.05, 0) is 51.0 Å².